The van der Waals surface area contributed by atoms with Crippen LogP contribution in [0.1, 0.15) is 40.5 Å². The number of carbonyl (C=O) groups excluding carboxylic acids is 1. The van der Waals surface area contributed by atoms with E-state index in [4.69, 9.17) is 4.74 Å². The van der Waals surface area contributed by atoms with Crippen molar-refractivity contribution in [1.29, 1.82) is 0 Å². The molecule has 1 aliphatic carbocycles. The van der Waals surface area contributed by atoms with Gasteiger partial charge in [-0.3, -0.25) is 0 Å². The molecule has 3 heteroatoms. The Morgan fingerprint density at radius 3 is 2.20 bits per heavy atom. The fourth-order valence-corrected chi connectivity index (χ4v) is 5.67. The Hall–Kier alpha value is -0.271. The summed E-state index contributed by atoms with van der Waals surface area (Å²) in [5.41, 5.74) is 0.216. The number of hydrogen-bond donors (Lipinski definition) is 0. The summed E-state index contributed by atoms with van der Waals surface area (Å²) in [6.45, 7) is 8.93. The molecule has 0 unspecified atom stereocenters. The van der Waals surface area contributed by atoms with E-state index in [1.807, 2.05) is 4.97 Å². The van der Waals surface area contributed by atoms with Gasteiger partial charge in [-0.1, -0.05) is 0 Å². The van der Waals surface area contributed by atoms with E-state index < -0.39 is 0 Å². The average molecular weight is 273 g/mol. The topological polar surface area (TPSA) is 26.3 Å². The predicted octanol–water partition coefficient (Wildman–Crippen LogP) is 2.30. The first-order valence-electron chi connectivity index (χ1n) is 5.38. The summed E-state index contributed by atoms with van der Waals surface area (Å²) in [5.74, 6) is -0.161. The third-order valence-electron chi connectivity index (χ3n) is 3.84. The number of rotatable bonds is 0. The van der Waals surface area contributed by atoms with E-state index in [0.717, 1.165) is 12.8 Å². The van der Waals surface area contributed by atoms with E-state index in [1.165, 1.54) is 0 Å². The third kappa shape index (κ3) is 1.40. The van der Waals surface area contributed by atoms with Gasteiger partial charge in [-0.25, -0.2) is 0 Å². The van der Waals surface area contributed by atoms with Gasteiger partial charge in [-0.15, -0.1) is 0 Å². The molecule has 0 N–H and O–H groups in total. The molecule has 0 atom stereocenters. The molecule has 0 aromatic heterocycles. The van der Waals surface area contributed by atoms with Crippen LogP contribution in [0, 0.1) is 10.8 Å². The van der Waals surface area contributed by atoms with Crippen LogP contribution in [0.3, 0.4) is 0 Å². The van der Waals surface area contributed by atoms with E-state index in [1.54, 1.807) is 6.08 Å². The van der Waals surface area contributed by atoms with Crippen molar-refractivity contribution in [3.63, 3.8) is 0 Å². The van der Waals surface area contributed by atoms with Crippen molar-refractivity contribution in [2.45, 2.75) is 45.0 Å². The van der Waals surface area contributed by atoms with Gasteiger partial charge in [0.2, 0.25) is 0 Å². The summed E-state index contributed by atoms with van der Waals surface area (Å²) in [5, 5.41) is 0. The van der Waals surface area contributed by atoms with Crippen LogP contribution in [0.2, 0.25) is 0 Å². The zero-order valence-corrected chi connectivity index (χ0v) is 11.5. The van der Waals surface area contributed by atoms with Crippen molar-refractivity contribution in [3.8, 4) is 0 Å². The maximum absolute atomic E-state index is 11.5. The Balaban J connectivity index is 2.47. The Morgan fingerprint density at radius 2 is 1.73 bits per heavy atom. The molecule has 1 heterocycles. The molecule has 2 aliphatic rings. The van der Waals surface area contributed by atoms with E-state index in [2.05, 4.69) is 27.7 Å². The molecule has 0 aromatic carbocycles. The first-order chi connectivity index (χ1) is 6.81. The molecule has 1 fully saturated rings. The summed E-state index contributed by atoms with van der Waals surface area (Å²) in [6, 6.07) is 0. The normalized spacial score (nSPS) is 30.5. The summed E-state index contributed by atoms with van der Waals surface area (Å²) in [6.07, 6.45) is 3.86. The van der Waals surface area contributed by atoms with Crippen LogP contribution in [-0.4, -0.2) is 25.4 Å². The molecule has 1 spiro atoms. The van der Waals surface area contributed by atoms with Crippen molar-refractivity contribution >= 4 is 20.9 Å². The summed E-state index contributed by atoms with van der Waals surface area (Å²) in [7, 11) is 0. The van der Waals surface area contributed by atoms with Crippen molar-refractivity contribution < 1.29 is 9.53 Å². The second-order valence-electron chi connectivity index (χ2n) is 5.73. The fraction of sp³-hybridized carbons (Fsp3) is 0.750. The Labute approximate surface area is 97.6 Å². The molecule has 84 valence electrons. The van der Waals surface area contributed by atoms with Gasteiger partial charge in [-0.2, -0.15) is 0 Å². The Kier molecular flexibility index (Phi) is 2.33. The molecule has 0 aromatic rings. The molecule has 0 radical (unpaired) electrons. The van der Waals surface area contributed by atoms with Crippen LogP contribution in [0.4, 0.5) is 0 Å². The van der Waals surface area contributed by atoms with Gasteiger partial charge in [0.1, 0.15) is 0 Å². The van der Waals surface area contributed by atoms with Gasteiger partial charge in [0.05, 0.1) is 0 Å². The molecule has 0 saturated heterocycles. The minimum absolute atomic E-state index is 0.108. The maximum atomic E-state index is 11.5. The molecular weight excluding hydrogens is 255 g/mol. The second-order valence-corrected chi connectivity index (χ2v) is 8.00. The zero-order chi connectivity index (χ0) is 11.3. The second kappa shape index (κ2) is 3.11. The van der Waals surface area contributed by atoms with Gasteiger partial charge in [-0.05, 0) is 0 Å². The van der Waals surface area contributed by atoms with Crippen LogP contribution in [0.15, 0.2) is 11.1 Å². The molecule has 2 rings (SSSR count). The van der Waals surface area contributed by atoms with Gasteiger partial charge >= 0.3 is 97.4 Å². The SMILES string of the molecule is CC1(C)CCC(C)(C)C12OC(=O)C=C[Se]2. The summed E-state index contributed by atoms with van der Waals surface area (Å²) >= 11 is 0.254. The van der Waals surface area contributed by atoms with Gasteiger partial charge < -0.3 is 0 Å². The van der Waals surface area contributed by atoms with Crippen LogP contribution < -0.4 is 0 Å². The summed E-state index contributed by atoms with van der Waals surface area (Å²) < 4.78 is 5.53. The zero-order valence-electron chi connectivity index (χ0n) is 9.79. The van der Waals surface area contributed by atoms with Crippen LogP contribution in [0.25, 0.3) is 0 Å². The van der Waals surface area contributed by atoms with Crippen LogP contribution >= 0.6 is 0 Å². The van der Waals surface area contributed by atoms with Crippen molar-refractivity contribution in [2.75, 3.05) is 0 Å². The van der Waals surface area contributed by atoms with Crippen molar-refractivity contribution in [3.05, 3.63) is 11.1 Å². The number of carbonyl (C=O) groups is 1. The molecule has 0 bridgehead atoms. The number of hydrogen-bond acceptors (Lipinski definition) is 2. The van der Waals surface area contributed by atoms with E-state index in [-0.39, 0.29) is 36.3 Å². The van der Waals surface area contributed by atoms with Crippen LogP contribution in [-0.2, 0) is 9.53 Å². The third-order valence-corrected chi connectivity index (χ3v) is 7.60. The first-order valence-corrected chi connectivity index (χ1v) is 7.23. The van der Waals surface area contributed by atoms with Crippen molar-refractivity contribution in [1.82, 2.24) is 0 Å². The molecule has 0 amide bonds. The molecule has 2 nitrogen and oxygen atoms in total. The van der Waals surface area contributed by atoms with Crippen LogP contribution in [0.5, 0.6) is 0 Å². The van der Waals surface area contributed by atoms with Gasteiger partial charge in [0, 0.05) is 0 Å². The summed E-state index contributed by atoms with van der Waals surface area (Å²) in [4.78, 5) is 13.5. The fourth-order valence-electron chi connectivity index (χ4n) is 2.85. The minimum atomic E-state index is -0.237. The first kappa shape index (κ1) is 11.2. The van der Waals surface area contributed by atoms with Crippen molar-refractivity contribution in [2.24, 2.45) is 10.8 Å². The quantitative estimate of drug-likeness (QED) is 0.500. The van der Waals surface area contributed by atoms with E-state index in [0.29, 0.717) is 0 Å². The molecule has 15 heavy (non-hydrogen) atoms. The molecule has 1 aliphatic heterocycles. The standard InChI is InChI=1S/C12H18O2Se/c1-10(2)6-7-11(3,4)12(10)14-9(13)5-8-15-12/h5,8H,6-7H2,1-4H3. The molecule has 1 saturated carbocycles. The monoisotopic (exact) mass is 274 g/mol. The number of ether oxygens (including phenoxy) is 1. The van der Waals surface area contributed by atoms with E-state index in [9.17, 15) is 4.79 Å². The average Bonchev–Trinajstić information content (AvgIpc) is 2.28. The van der Waals surface area contributed by atoms with E-state index >= 15 is 0 Å². The van der Waals surface area contributed by atoms with Gasteiger partial charge in [0.15, 0.2) is 0 Å². The van der Waals surface area contributed by atoms with Gasteiger partial charge in [0.25, 0.3) is 0 Å². The Morgan fingerprint density at radius 1 is 1.20 bits per heavy atom. The predicted molar refractivity (Wildman–Crippen MR) is 60.5 cm³/mol. The molecular formula is C12H18O2Se. The Bertz CT molecular complexity index is 313. The number of esters is 1.